The smallest absolute Gasteiger partial charge is 0.123 e. The molecule has 0 radical (unpaired) electrons. The van der Waals surface area contributed by atoms with Gasteiger partial charge in [0.15, 0.2) is 0 Å². The lowest BCUT2D eigenvalue weighted by atomic mass is 10.2. The highest BCUT2D eigenvalue weighted by Crippen LogP contribution is 2.22. The van der Waals surface area contributed by atoms with Crippen LogP contribution < -0.4 is 10.1 Å². The predicted octanol–water partition coefficient (Wildman–Crippen LogP) is 4.90. The van der Waals surface area contributed by atoms with E-state index in [2.05, 4.69) is 21.2 Å². The molecule has 2 rings (SSSR count). The molecule has 2 aromatic rings. The molecule has 4 heteroatoms. The van der Waals surface area contributed by atoms with Gasteiger partial charge in [-0.25, -0.2) is 0 Å². The van der Waals surface area contributed by atoms with Crippen molar-refractivity contribution in [3.8, 4) is 5.75 Å². The number of aryl methyl sites for hydroxylation is 1. The van der Waals surface area contributed by atoms with Crippen LogP contribution in [0.2, 0.25) is 5.02 Å². The Morgan fingerprint density at radius 2 is 2.05 bits per heavy atom. The van der Waals surface area contributed by atoms with Gasteiger partial charge in [-0.15, -0.1) is 0 Å². The molecular weight excluding hydrogens is 326 g/mol. The third kappa shape index (κ3) is 4.44. The molecule has 0 aromatic heterocycles. The van der Waals surface area contributed by atoms with E-state index < -0.39 is 0 Å². The molecule has 0 saturated heterocycles. The molecular formula is C15H15BrClNO. The Balaban J connectivity index is 1.82. The summed E-state index contributed by atoms with van der Waals surface area (Å²) in [6.45, 7) is 3.36. The lowest BCUT2D eigenvalue weighted by Gasteiger charge is -2.11. The van der Waals surface area contributed by atoms with E-state index in [1.165, 1.54) is 0 Å². The molecule has 2 nitrogen and oxygen atoms in total. The van der Waals surface area contributed by atoms with Crippen LogP contribution in [-0.4, -0.2) is 13.2 Å². The third-order valence-electron chi connectivity index (χ3n) is 2.66. The van der Waals surface area contributed by atoms with E-state index in [1.54, 1.807) is 0 Å². The van der Waals surface area contributed by atoms with Crippen molar-refractivity contribution in [3.63, 3.8) is 0 Å². The van der Waals surface area contributed by atoms with Gasteiger partial charge in [0, 0.05) is 21.7 Å². The maximum absolute atomic E-state index is 5.92. The second-order valence-electron chi connectivity index (χ2n) is 4.20. The van der Waals surface area contributed by atoms with Crippen molar-refractivity contribution in [2.24, 2.45) is 0 Å². The lowest BCUT2D eigenvalue weighted by Crippen LogP contribution is -2.11. The van der Waals surface area contributed by atoms with Crippen LogP contribution in [0.5, 0.6) is 5.75 Å². The Morgan fingerprint density at radius 3 is 2.84 bits per heavy atom. The minimum Gasteiger partial charge on any atom is -0.491 e. The quantitative estimate of drug-likeness (QED) is 0.782. The van der Waals surface area contributed by atoms with E-state index in [1.807, 2.05) is 49.4 Å². The van der Waals surface area contributed by atoms with Crippen molar-refractivity contribution in [1.29, 1.82) is 0 Å². The zero-order valence-corrected chi connectivity index (χ0v) is 13.0. The number of ether oxygens (including phenoxy) is 1. The maximum Gasteiger partial charge on any atom is 0.123 e. The molecule has 0 bridgehead atoms. The molecule has 2 aromatic carbocycles. The maximum atomic E-state index is 5.92. The average Bonchev–Trinajstić information content (AvgIpc) is 2.39. The first kappa shape index (κ1) is 14.2. The molecule has 0 aliphatic rings. The molecule has 19 heavy (non-hydrogen) atoms. The average molecular weight is 341 g/mol. The normalized spacial score (nSPS) is 10.3. The van der Waals surface area contributed by atoms with E-state index in [4.69, 9.17) is 16.3 Å². The van der Waals surface area contributed by atoms with E-state index in [0.717, 1.165) is 33.0 Å². The van der Waals surface area contributed by atoms with Crippen LogP contribution in [0.3, 0.4) is 0 Å². The minimum absolute atomic E-state index is 0.601. The van der Waals surface area contributed by atoms with Crippen molar-refractivity contribution < 1.29 is 4.74 Å². The molecule has 0 atom stereocenters. The van der Waals surface area contributed by atoms with E-state index in [-0.39, 0.29) is 0 Å². The Labute approximate surface area is 126 Å². The Bertz CT molecular complexity index is 560. The van der Waals surface area contributed by atoms with Gasteiger partial charge in [-0.1, -0.05) is 39.7 Å². The monoisotopic (exact) mass is 339 g/mol. The van der Waals surface area contributed by atoms with Crippen LogP contribution in [0.25, 0.3) is 0 Å². The molecule has 0 heterocycles. The zero-order valence-electron chi connectivity index (χ0n) is 10.6. The molecule has 0 aliphatic heterocycles. The summed E-state index contributed by atoms with van der Waals surface area (Å²) in [4.78, 5) is 0. The van der Waals surface area contributed by atoms with Crippen molar-refractivity contribution in [2.45, 2.75) is 6.92 Å². The van der Waals surface area contributed by atoms with Gasteiger partial charge in [0.1, 0.15) is 12.4 Å². The lowest BCUT2D eigenvalue weighted by molar-refractivity contribution is 0.330. The van der Waals surface area contributed by atoms with Gasteiger partial charge in [-0.05, 0) is 42.8 Å². The Hall–Kier alpha value is -1.19. The summed E-state index contributed by atoms with van der Waals surface area (Å²) in [7, 11) is 0. The van der Waals surface area contributed by atoms with Gasteiger partial charge in [0.2, 0.25) is 0 Å². The summed E-state index contributed by atoms with van der Waals surface area (Å²) in [6.07, 6.45) is 0. The zero-order chi connectivity index (χ0) is 13.7. The van der Waals surface area contributed by atoms with Gasteiger partial charge in [-0.2, -0.15) is 0 Å². The number of halogens is 2. The molecule has 0 fully saturated rings. The van der Waals surface area contributed by atoms with Gasteiger partial charge in [-0.3, -0.25) is 0 Å². The predicted molar refractivity (Wildman–Crippen MR) is 84.3 cm³/mol. The summed E-state index contributed by atoms with van der Waals surface area (Å²) in [6, 6.07) is 13.7. The van der Waals surface area contributed by atoms with Crippen LogP contribution in [0.15, 0.2) is 46.9 Å². The molecule has 0 saturated carbocycles. The molecule has 0 unspecified atom stereocenters. The Kier molecular flexibility index (Phi) is 5.11. The highest BCUT2D eigenvalue weighted by Gasteiger charge is 2.00. The SMILES string of the molecule is Cc1ccc(Br)cc1OCCNc1cccc(Cl)c1. The summed E-state index contributed by atoms with van der Waals surface area (Å²) < 4.78 is 6.77. The first-order valence-corrected chi connectivity index (χ1v) is 7.20. The van der Waals surface area contributed by atoms with E-state index >= 15 is 0 Å². The van der Waals surface area contributed by atoms with Crippen LogP contribution in [0, 0.1) is 6.92 Å². The molecule has 1 N–H and O–H groups in total. The standard InChI is InChI=1S/C15H15BrClNO/c1-11-5-6-12(16)9-15(11)19-8-7-18-14-4-2-3-13(17)10-14/h2-6,9-10,18H,7-8H2,1H3. The third-order valence-corrected chi connectivity index (χ3v) is 3.39. The van der Waals surface area contributed by atoms with Crippen LogP contribution >= 0.6 is 27.5 Å². The largest absolute Gasteiger partial charge is 0.491 e. The number of benzene rings is 2. The molecule has 100 valence electrons. The first-order valence-electron chi connectivity index (χ1n) is 6.03. The second-order valence-corrected chi connectivity index (χ2v) is 5.55. The van der Waals surface area contributed by atoms with Crippen molar-refractivity contribution in [2.75, 3.05) is 18.5 Å². The van der Waals surface area contributed by atoms with E-state index in [0.29, 0.717) is 6.61 Å². The van der Waals surface area contributed by atoms with Gasteiger partial charge in [0.25, 0.3) is 0 Å². The second kappa shape index (κ2) is 6.83. The fourth-order valence-electron chi connectivity index (χ4n) is 1.68. The fraction of sp³-hybridized carbons (Fsp3) is 0.200. The highest BCUT2D eigenvalue weighted by molar-refractivity contribution is 9.10. The number of rotatable bonds is 5. The van der Waals surface area contributed by atoms with Crippen LogP contribution in [-0.2, 0) is 0 Å². The topological polar surface area (TPSA) is 21.3 Å². The minimum atomic E-state index is 0.601. The first-order chi connectivity index (χ1) is 9.15. The van der Waals surface area contributed by atoms with E-state index in [9.17, 15) is 0 Å². The number of anilines is 1. The number of nitrogens with one attached hydrogen (secondary N) is 1. The van der Waals surface area contributed by atoms with Crippen molar-refractivity contribution in [3.05, 3.63) is 57.5 Å². The Morgan fingerprint density at radius 1 is 1.21 bits per heavy atom. The summed E-state index contributed by atoms with van der Waals surface area (Å²) in [5.41, 5.74) is 2.13. The number of hydrogen-bond donors (Lipinski definition) is 1. The summed E-state index contributed by atoms with van der Waals surface area (Å²) in [5, 5.41) is 4.00. The highest BCUT2D eigenvalue weighted by atomic mass is 79.9. The summed E-state index contributed by atoms with van der Waals surface area (Å²) >= 11 is 9.35. The summed E-state index contributed by atoms with van der Waals surface area (Å²) in [5.74, 6) is 0.905. The van der Waals surface area contributed by atoms with Crippen LogP contribution in [0.1, 0.15) is 5.56 Å². The van der Waals surface area contributed by atoms with Gasteiger partial charge in [0.05, 0.1) is 0 Å². The van der Waals surface area contributed by atoms with Crippen molar-refractivity contribution in [1.82, 2.24) is 0 Å². The van der Waals surface area contributed by atoms with Gasteiger partial charge < -0.3 is 10.1 Å². The molecule has 0 spiro atoms. The van der Waals surface area contributed by atoms with Crippen LogP contribution in [0.4, 0.5) is 5.69 Å². The molecule has 0 amide bonds. The molecule has 0 aliphatic carbocycles. The fourth-order valence-corrected chi connectivity index (χ4v) is 2.21. The van der Waals surface area contributed by atoms with Gasteiger partial charge >= 0.3 is 0 Å². The van der Waals surface area contributed by atoms with Crippen molar-refractivity contribution >= 4 is 33.2 Å². The number of hydrogen-bond acceptors (Lipinski definition) is 2.